The Morgan fingerprint density at radius 1 is 1.00 bits per heavy atom. The molecule has 0 atom stereocenters. The highest BCUT2D eigenvalue weighted by Gasteiger charge is 2.13. The Labute approximate surface area is 164 Å². The van der Waals surface area contributed by atoms with Crippen molar-refractivity contribution in [1.82, 2.24) is 10.2 Å². The van der Waals surface area contributed by atoms with E-state index in [4.69, 9.17) is 9.47 Å². The summed E-state index contributed by atoms with van der Waals surface area (Å²) in [4.78, 5) is 25.6. The third kappa shape index (κ3) is 6.26. The zero-order valence-corrected chi connectivity index (χ0v) is 16.3. The van der Waals surface area contributed by atoms with Crippen LogP contribution in [0.2, 0.25) is 0 Å². The van der Waals surface area contributed by atoms with Gasteiger partial charge in [0.25, 0.3) is 0 Å². The lowest BCUT2D eigenvalue weighted by Crippen LogP contribution is -2.33. The van der Waals surface area contributed by atoms with Gasteiger partial charge in [0.2, 0.25) is 11.8 Å². The monoisotopic (exact) mass is 388 g/mol. The number of nitrogens with one attached hydrogen (secondary N) is 1. The van der Waals surface area contributed by atoms with Gasteiger partial charge >= 0.3 is 0 Å². The van der Waals surface area contributed by atoms with Crippen LogP contribution in [-0.2, 0) is 22.7 Å². The first-order valence-corrected chi connectivity index (χ1v) is 8.90. The molecule has 2 amide bonds. The van der Waals surface area contributed by atoms with E-state index >= 15 is 0 Å². The minimum atomic E-state index is -0.317. The number of halogens is 1. The summed E-state index contributed by atoms with van der Waals surface area (Å²) < 4.78 is 23.4. The summed E-state index contributed by atoms with van der Waals surface area (Å²) in [5, 5.41) is 2.77. The standard InChI is InChI=1S/C21H25FN2O4/c1-15(25)24(14-17-6-9-19(27-2)20(12-17)28-3)11-10-21(26)23-13-16-4-7-18(22)8-5-16/h4-9,12H,10-11,13-14H2,1-3H3,(H,23,26). The van der Waals surface area contributed by atoms with Crippen LogP contribution in [0.3, 0.4) is 0 Å². The van der Waals surface area contributed by atoms with E-state index in [1.165, 1.54) is 19.1 Å². The maximum Gasteiger partial charge on any atom is 0.222 e. The molecule has 2 aromatic rings. The van der Waals surface area contributed by atoms with Crippen LogP contribution < -0.4 is 14.8 Å². The highest BCUT2D eigenvalue weighted by atomic mass is 19.1. The van der Waals surface area contributed by atoms with Crippen molar-refractivity contribution in [2.24, 2.45) is 0 Å². The quantitative estimate of drug-likeness (QED) is 0.717. The second kappa shape index (κ2) is 10.3. The fraction of sp³-hybridized carbons (Fsp3) is 0.333. The first kappa shape index (κ1) is 21.2. The third-order valence-corrected chi connectivity index (χ3v) is 4.28. The summed E-state index contributed by atoms with van der Waals surface area (Å²) in [5.41, 5.74) is 1.68. The molecule has 1 N–H and O–H groups in total. The van der Waals surface area contributed by atoms with Gasteiger partial charge < -0.3 is 19.7 Å². The number of hydrogen-bond acceptors (Lipinski definition) is 4. The Bertz CT molecular complexity index is 809. The molecule has 0 radical (unpaired) electrons. The lowest BCUT2D eigenvalue weighted by molar-refractivity contribution is -0.130. The van der Waals surface area contributed by atoms with Crippen LogP contribution in [0, 0.1) is 5.82 Å². The van der Waals surface area contributed by atoms with Gasteiger partial charge in [-0.25, -0.2) is 4.39 Å². The Hall–Kier alpha value is -3.09. The van der Waals surface area contributed by atoms with Gasteiger partial charge in [0, 0.05) is 33.0 Å². The number of amides is 2. The zero-order chi connectivity index (χ0) is 20.5. The average molecular weight is 388 g/mol. The fourth-order valence-corrected chi connectivity index (χ4v) is 2.68. The molecule has 0 fully saturated rings. The molecule has 150 valence electrons. The van der Waals surface area contributed by atoms with E-state index < -0.39 is 0 Å². The van der Waals surface area contributed by atoms with Gasteiger partial charge in [-0.05, 0) is 35.4 Å². The molecule has 28 heavy (non-hydrogen) atoms. The molecule has 0 aliphatic rings. The van der Waals surface area contributed by atoms with Gasteiger partial charge in [0.05, 0.1) is 14.2 Å². The van der Waals surface area contributed by atoms with Crippen LogP contribution in [0.25, 0.3) is 0 Å². The summed E-state index contributed by atoms with van der Waals surface area (Å²) in [5.74, 6) is 0.577. The molecule has 0 bridgehead atoms. The molecule has 0 aliphatic carbocycles. The molecular weight excluding hydrogens is 363 g/mol. The molecule has 0 heterocycles. The summed E-state index contributed by atoms with van der Waals surface area (Å²) in [7, 11) is 3.11. The van der Waals surface area contributed by atoms with Crippen molar-refractivity contribution in [1.29, 1.82) is 0 Å². The first-order valence-electron chi connectivity index (χ1n) is 8.90. The van der Waals surface area contributed by atoms with Crippen molar-refractivity contribution in [3.63, 3.8) is 0 Å². The predicted octanol–water partition coefficient (Wildman–Crippen LogP) is 2.90. The van der Waals surface area contributed by atoms with Crippen LogP contribution in [0.15, 0.2) is 42.5 Å². The van der Waals surface area contributed by atoms with E-state index in [0.29, 0.717) is 31.1 Å². The molecule has 0 aromatic heterocycles. The number of carbonyl (C=O) groups excluding carboxylic acids is 2. The molecule has 2 rings (SSSR count). The molecule has 0 aliphatic heterocycles. The SMILES string of the molecule is COc1ccc(CN(CCC(=O)NCc2ccc(F)cc2)C(C)=O)cc1OC. The minimum Gasteiger partial charge on any atom is -0.493 e. The summed E-state index contributed by atoms with van der Waals surface area (Å²) >= 11 is 0. The number of hydrogen-bond donors (Lipinski definition) is 1. The van der Waals surface area contributed by atoms with Crippen LogP contribution in [0.4, 0.5) is 4.39 Å². The zero-order valence-electron chi connectivity index (χ0n) is 16.3. The smallest absolute Gasteiger partial charge is 0.222 e. The summed E-state index contributed by atoms with van der Waals surface area (Å²) in [6.07, 6.45) is 0.175. The molecule has 0 saturated heterocycles. The van der Waals surface area contributed by atoms with E-state index in [1.54, 1.807) is 37.3 Å². The summed E-state index contributed by atoms with van der Waals surface area (Å²) in [6.45, 7) is 2.44. The van der Waals surface area contributed by atoms with E-state index in [0.717, 1.165) is 11.1 Å². The van der Waals surface area contributed by atoms with Gasteiger partial charge in [-0.15, -0.1) is 0 Å². The van der Waals surface area contributed by atoms with Gasteiger partial charge in [0.15, 0.2) is 11.5 Å². The molecule has 7 heteroatoms. The molecule has 6 nitrogen and oxygen atoms in total. The number of ether oxygens (including phenoxy) is 2. The maximum absolute atomic E-state index is 12.9. The lowest BCUT2D eigenvalue weighted by Gasteiger charge is -2.21. The Morgan fingerprint density at radius 3 is 2.25 bits per heavy atom. The van der Waals surface area contributed by atoms with Crippen molar-refractivity contribution in [3.05, 3.63) is 59.4 Å². The number of benzene rings is 2. The van der Waals surface area contributed by atoms with Gasteiger partial charge in [0.1, 0.15) is 5.82 Å². The van der Waals surface area contributed by atoms with Crippen LogP contribution in [0.1, 0.15) is 24.5 Å². The van der Waals surface area contributed by atoms with Crippen LogP contribution in [0.5, 0.6) is 11.5 Å². The average Bonchev–Trinajstić information content (AvgIpc) is 2.70. The second-order valence-corrected chi connectivity index (χ2v) is 6.28. The number of carbonyl (C=O) groups is 2. The van der Waals surface area contributed by atoms with E-state index in [1.807, 2.05) is 12.1 Å². The number of rotatable bonds is 9. The van der Waals surface area contributed by atoms with Crippen molar-refractivity contribution in [2.75, 3.05) is 20.8 Å². The summed E-state index contributed by atoms with van der Waals surface area (Å²) in [6, 6.07) is 11.4. The molecule has 0 saturated carbocycles. The van der Waals surface area contributed by atoms with Crippen LogP contribution >= 0.6 is 0 Å². The highest BCUT2D eigenvalue weighted by molar-refractivity contribution is 5.78. The van der Waals surface area contributed by atoms with E-state index in [-0.39, 0.29) is 24.1 Å². The Kier molecular flexibility index (Phi) is 7.80. The van der Waals surface area contributed by atoms with E-state index in [2.05, 4.69) is 5.32 Å². The molecule has 0 spiro atoms. The lowest BCUT2D eigenvalue weighted by atomic mass is 10.1. The van der Waals surface area contributed by atoms with Gasteiger partial charge in [-0.2, -0.15) is 0 Å². The van der Waals surface area contributed by atoms with Gasteiger partial charge in [-0.1, -0.05) is 18.2 Å². The Morgan fingerprint density at radius 2 is 1.64 bits per heavy atom. The second-order valence-electron chi connectivity index (χ2n) is 6.28. The normalized spacial score (nSPS) is 10.3. The fourth-order valence-electron chi connectivity index (χ4n) is 2.68. The number of methoxy groups -OCH3 is 2. The number of nitrogens with zero attached hydrogens (tertiary/aromatic N) is 1. The minimum absolute atomic E-state index is 0.124. The van der Waals surface area contributed by atoms with Crippen LogP contribution in [-0.4, -0.2) is 37.5 Å². The largest absolute Gasteiger partial charge is 0.493 e. The Balaban J connectivity index is 1.89. The van der Waals surface area contributed by atoms with E-state index in [9.17, 15) is 14.0 Å². The van der Waals surface area contributed by atoms with Crippen molar-refractivity contribution in [3.8, 4) is 11.5 Å². The maximum atomic E-state index is 12.9. The van der Waals surface area contributed by atoms with Crippen molar-refractivity contribution < 1.29 is 23.5 Å². The topological polar surface area (TPSA) is 67.9 Å². The third-order valence-electron chi connectivity index (χ3n) is 4.28. The first-order chi connectivity index (χ1) is 13.4. The molecule has 2 aromatic carbocycles. The van der Waals surface area contributed by atoms with Crippen molar-refractivity contribution >= 4 is 11.8 Å². The van der Waals surface area contributed by atoms with Crippen molar-refractivity contribution in [2.45, 2.75) is 26.4 Å². The predicted molar refractivity (Wildman–Crippen MR) is 104 cm³/mol. The molecule has 0 unspecified atom stereocenters. The molecular formula is C21H25FN2O4. The van der Waals surface area contributed by atoms with Gasteiger partial charge in [-0.3, -0.25) is 9.59 Å². The highest BCUT2D eigenvalue weighted by Crippen LogP contribution is 2.28.